The highest BCUT2D eigenvalue weighted by Crippen LogP contribution is 2.19. The average Bonchev–Trinajstić information content (AvgIpc) is 2.29. The normalized spacial score (nSPS) is 11.6. The molecule has 1 aromatic heterocycles. The highest BCUT2D eigenvalue weighted by molar-refractivity contribution is 7.85. The predicted molar refractivity (Wildman–Crippen MR) is 43.6 cm³/mol. The van der Waals surface area contributed by atoms with E-state index in [-0.39, 0.29) is 5.69 Å². The molecule has 1 aromatic rings. The maximum atomic E-state index is 12.3. The van der Waals surface area contributed by atoms with Crippen LogP contribution >= 0.6 is 0 Å². The molecule has 0 aliphatic carbocycles. The van der Waals surface area contributed by atoms with E-state index in [0.29, 0.717) is 0 Å². The summed E-state index contributed by atoms with van der Waals surface area (Å²) >= 11 is 0. The second-order valence-electron chi connectivity index (χ2n) is 2.54. The fraction of sp³-hybridized carbons (Fsp3) is 0.400. The molecule has 1 heterocycles. The van der Waals surface area contributed by atoms with E-state index in [2.05, 4.69) is 5.10 Å². The molecule has 0 radical (unpaired) electrons. The maximum absolute atomic E-state index is 12.3. The van der Waals surface area contributed by atoms with Crippen molar-refractivity contribution in [3.8, 4) is 0 Å². The number of aromatic nitrogens is 2. The van der Waals surface area contributed by atoms with Gasteiger partial charge in [-0.2, -0.15) is 13.5 Å². The number of nitrogens with zero attached hydrogens (tertiary/aromatic N) is 3. The molecule has 14 heavy (non-hydrogen) atoms. The molecule has 0 unspecified atom stereocenters. The summed E-state index contributed by atoms with van der Waals surface area (Å²) in [5, 5.41) is 13.8. The van der Waals surface area contributed by atoms with Gasteiger partial charge in [0.05, 0.1) is 4.92 Å². The summed E-state index contributed by atoms with van der Waals surface area (Å²) < 4.78 is 33.8. The molecule has 0 bridgehead atoms. The number of aryl methyl sites for hydroxylation is 1. The van der Waals surface area contributed by atoms with Gasteiger partial charge in [0.15, 0.2) is 0 Å². The van der Waals surface area contributed by atoms with Crippen molar-refractivity contribution in [2.45, 2.75) is 5.75 Å². The minimum absolute atomic E-state index is 0.280. The standard InChI is InChI=1S/C5H6FN3O4S/c1-8-5(3-14(6,12)13)4(2-7-8)9(10)11/h2H,3H2,1H3. The highest BCUT2D eigenvalue weighted by Gasteiger charge is 2.23. The zero-order chi connectivity index (χ0) is 10.9. The molecular formula is C5H6FN3O4S. The molecule has 0 atom stereocenters. The van der Waals surface area contributed by atoms with E-state index < -0.39 is 26.6 Å². The molecule has 0 saturated carbocycles. The van der Waals surface area contributed by atoms with Crippen LogP contribution in [-0.2, 0) is 23.0 Å². The lowest BCUT2D eigenvalue weighted by Crippen LogP contribution is -2.05. The van der Waals surface area contributed by atoms with Gasteiger partial charge in [0.25, 0.3) is 0 Å². The molecule has 0 saturated heterocycles. The number of halogens is 1. The monoisotopic (exact) mass is 223 g/mol. The SMILES string of the molecule is Cn1ncc([N+](=O)[O-])c1CS(=O)(=O)F. The number of rotatable bonds is 3. The number of hydrogen-bond donors (Lipinski definition) is 0. The Labute approximate surface area is 78.5 Å². The average molecular weight is 223 g/mol. The van der Waals surface area contributed by atoms with Crippen molar-refractivity contribution in [3.05, 3.63) is 22.0 Å². The van der Waals surface area contributed by atoms with Crippen molar-refractivity contribution in [1.29, 1.82) is 0 Å². The van der Waals surface area contributed by atoms with Crippen LogP contribution < -0.4 is 0 Å². The van der Waals surface area contributed by atoms with Crippen LogP contribution in [0.4, 0.5) is 9.57 Å². The van der Waals surface area contributed by atoms with Crippen LogP contribution in [0.5, 0.6) is 0 Å². The van der Waals surface area contributed by atoms with Gasteiger partial charge in [-0.15, -0.1) is 3.89 Å². The van der Waals surface area contributed by atoms with Gasteiger partial charge in [0, 0.05) is 7.05 Å². The van der Waals surface area contributed by atoms with Crippen molar-refractivity contribution in [3.63, 3.8) is 0 Å². The molecule has 0 aliphatic heterocycles. The van der Waals surface area contributed by atoms with E-state index in [1.807, 2.05) is 0 Å². The van der Waals surface area contributed by atoms with Gasteiger partial charge in [-0.1, -0.05) is 0 Å². The van der Waals surface area contributed by atoms with Crippen LogP contribution in [0.25, 0.3) is 0 Å². The van der Waals surface area contributed by atoms with E-state index >= 15 is 0 Å². The third-order valence-electron chi connectivity index (χ3n) is 1.55. The van der Waals surface area contributed by atoms with E-state index in [4.69, 9.17) is 0 Å². The Balaban J connectivity index is 3.19. The Kier molecular flexibility index (Phi) is 2.51. The Morgan fingerprint density at radius 1 is 1.71 bits per heavy atom. The Morgan fingerprint density at radius 3 is 2.71 bits per heavy atom. The van der Waals surface area contributed by atoms with Crippen molar-refractivity contribution in [1.82, 2.24) is 9.78 Å². The second kappa shape index (κ2) is 3.33. The number of nitro groups is 1. The van der Waals surface area contributed by atoms with Crippen LogP contribution in [0, 0.1) is 10.1 Å². The first-order valence-electron chi connectivity index (χ1n) is 3.39. The van der Waals surface area contributed by atoms with Gasteiger partial charge < -0.3 is 0 Å². The summed E-state index contributed by atoms with van der Waals surface area (Å²) in [6.07, 6.45) is 0.876. The molecule has 0 aromatic carbocycles. The van der Waals surface area contributed by atoms with Gasteiger partial charge in [-0.3, -0.25) is 14.8 Å². The highest BCUT2D eigenvalue weighted by atomic mass is 32.3. The predicted octanol–water partition coefficient (Wildman–Crippen LogP) is 0.128. The Hall–Kier alpha value is -1.51. The third-order valence-corrected chi connectivity index (χ3v) is 2.16. The fourth-order valence-electron chi connectivity index (χ4n) is 0.934. The smallest absolute Gasteiger partial charge is 0.264 e. The first-order chi connectivity index (χ1) is 6.31. The summed E-state index contributed by atoms with van der Waals surface area (Å²) in [6.45, 7) is 0. The summed E-state index contributed by atoms with van der Waals surface area (Å²) in [5.41, 5.74) is -0.786. The van der Waals surface area contributed by atoms with Crippen LogP contribution in [0.2, 0.25) is 0 Å². The lowest BCUT2D eigenvalue weighted by molar-refractivity contribution is -0.385. The topological polar surface area (TPSA) is 95.1 Å². The fourth-order valence-corrected chi connectivity index (χ4v) is 1.60. The summed E-state index contributed by atoms with van der Waals surface area (Å²) in [5.74, 6) is -1.04. The summed E-state index contributed by atoms with van der Waals surface area (Å²) in [7, 11) is -3.49. The first kappa shape index (κ1) is 10.6. The molecule has 9 heteroatoms. The van der Waals surface area contributed by atoms with E-state index in [1.165, 1.54) is 7.05 Å². The van der Waals surface area contributed by atoms with Crippen LogP contribution in [0.3, 0.4) is 0 Å². The lowest BCUT2D eigenvalue weighted by atomic mass is 10.4. The minimum atomic E-state index is -4.79. The second-order valence-corrected chi connectivity index (χ2v) is 3.91. The van der Waals surface area contributed by atoms with E-state index in [0.717, 1.165) is 10.9 Å². The molecule has 0 amide bonds. The molecule has 0 N–H and O–H groups in total. The third kappa shape index (κ3) is 2.25. The first-order valence-corrected chi connectivity index (χ1v) is 4.94. The molecule has 0 fully saturated rings. The molecule has 0 spiro atoms. The Bertz CT molecular complexity index is 465. The molecule has 1 rings (SSSR count). The lowest BCUT2D eigenvalue weighted by Gasteiger charge is -1.96. The van der Waals surface area contributed by atoms with E-state index in [9.17, 15) is 22.4 Å². The van der Waals surface area contributed by atoms with Gasteiger partial charge in [-0.25, -0.2) is 0 Å². The Morgan fingerprint density at radius 2 is 2.29 bits per heavy atom. The zero-order valence-electron chi connectivity index (χ0n) is 7.05. The summed E-state index contributed by atoms with van der Waals surface area (Å²) in [6, 6.07) is 0. The van der Waals surface area contributed by atoms with Crippen molar-refractivity contribution < 1.29 is 17.2 Å². The van der Waals surface area contributed by atoms with Crippen LogP contribution in [-0.4, -0.2) is 23.1 Å². The van der Waals surface area contributed by atoms with Crippen molar-refractivity contribution in [2.24, 2.45) is 7.05 Å². The van der Waals surface area contributed by atoms with Gasteiger partial charge >= 0.3 is 15.9 Å². The minimum Gasteiger partial charge on any atom is -0.264 e. The summed E-state index contributed by atoms with van der Waals surface area (Å²) in [4.78, 5) is 9.54. The maximum Gasteiger partial charge on any atom is 0.311 e. The molecule has 0 aliphatic rings. The van der Waals surface area contributed by atoms with Crippen LogP contribution in [0.1, 0.15) is 5.69 Å². The van der Waals surface area contributed by atoms with Crippen molar-refractivity contribution >= 4 is 15.9 Å². The zero-order valence-corrected chi connectivity index (χ0v) is 7.86. The van der Waals surface area contributed by atoms with Gasteiger partial charge in [0.2, 0.25) is 0 Å². The largest absolute Gasteiger partial charge is 0.311 e. The van der Waals surface area contributed by atoms with Gasteiger partial charge in [0.1, 0.15) is 17.6 Å². The number of hydrogen-bond acceptors (Lipinski definition) is 5. The quantitative estimate of drug-likeness (QED) is 0.412. The van der Waals surface area contributed by atoms with E-state index in [1.54, 1.807) is 0 Å². The van der Waals surface area contributed by atoms with Crippen LogP contribution in [0.15, 0.2) is 6.20 Å². The van der Waals surface area contributed by atoms with Gasteiger partial charge in [-0.05, 0) is 0 Å². The molecule has 78 valence electrons. The molecule has 7 nitrogen and oxygen atoms in total. The molecular weight excluding hydrogens is 217 g/mol. The van der Waals surface area contributed by atoms with Crippen molar-refractivity contribution in [2.75, 3.05) is 0 Å².